The fourth-order valence-corrected chi connectivity index (χ4v) is 4.49. The van der Waals surface area contributed by atoms with E-state index in [0.29, 0.717) is 32.1 Å². The van der Waals surface area contributed by atoms with E-state index in [4.69, 9.17) is 0 Å². The Labute approximate surface area is 155 Å². The second-order valence-corrected chi connectivity index (χ2v) is 8.50. The summed E-state index contributed by atoms with van der Waals surface area (Å²) in [6.45, 7) is 4.14. The zero-order chi connectivity index (χ0) is 18.9. The summed E-state index contributed by atoms with van der Waals surface area (Å²) in [6, 6.07) is -0.786. The van der Waals surface area contributed by atoms with E-state index in [0.717, 1.165) is 12.8 Å². The van der Waals surface area contributed by atoms with Crippen molar-refractivity contribution in [2.45, 2.75) is 70.4 Å². The predicted molar refractivity (Wildman–Crippen MR) is 96.9 cm³/mol. The second-order valence-electron chi connectivity index (χ2n) is 8.50. The minimum atomic E-state index is -0.852. The molecular weight excluding hydrogens is 332 g/mol. The molecule has 2 N–H and O–H groups in total. The van der Waals surface area contributed by atoms with Gasteiger partial charge in [-0.05, 0) is 38.0 Å². The number of fused-ring (bicyclic) bond motifs is 1. The molecule has 3 amide bonds. The largest absolute Gasteiger partial charge is 0.388 e. The minimum Gasteiger partial charge on any atom is -0.388 e. The third-order valence-corrected chi connectivity index (χ3v) is 5.98. The van der Waals surface area contributed by atoms with Crippen molar-refractivity contribution in [1.82, 2.24) is 10.2 Å². The van der Waals surface area contributed by atoms with Crippen LogP contribution in [-0.4, -0.2) is 45.9 Å². The number of nitrogens with zero attached hydrogens (tertiary/aromatic N) is 1. The highest BCUT2D eigenvalue weighted by Gasteiger charge is 2.51. The number of amides is 3. The minimum absolute atomic E-state index is 0.168. The Morgan fingerprint density at radius 3 is 2.23 bits per heavy atom. The molecule has 2 fully saturated rings. The molecular formula is C20H30N2O4. The zero-order valence-corrected chi connectivity index (χ0v) is 15.7. The third-order valence-electron chi connectivity index (χ3n) is 5.98. The van der Waals surface area contributed by atoms with E-state index in [1.54, 1.807) is 0 Å². The number of carbonyl (C=O) groups is 3. The molecule has 26 heavy (non-hydrogen) atoms. The summed E-state index contributed by atoms with van der Waals surface area (Å²) in [5, 5.41) is 13.3. The van der Waals surface area contributed by atoms with E-state index in [2.05, 4.69) is 5.32 Å². The molecule has 1 saturated heterocycles. The lowest BCUT2D eigenvalue weighted by atomic mass is 9.85. The van der Waals surface area contributed by atoms with Gasteiger partial charge in [-0.15, -0.1) is 0 Å². The summed E-state index contributed by atoms with van der Waals surface area (Å²) in [7, 11) is 0. The number of allylic oxidation sites excluding steroid dienone is 2. The van der Waals surface area contributed by atoms with Crippen molar-refractivity contribution in [3.8, 4) is 0 Å². The Kier molecular flexibility index (Phi) is 5.51. The fourth-order valence-electron chi connectivity index (χ4n) is 4.49. The number of carbonyl (C=O) groups excluding carboxylic acids is 3. The quantitative estimate of drug-likeness (QED) is 0.557. The summed E-state index contributed by atoms with van der Waals surface area (Å²) >= 11 is 0. The van der Waals surface area contributed by atoms with E-state index >= 15 is 0 Å². The average molecular weight is 362 g/mol. The molecule has 3 aliphatic rings. The SMILES string of the molecule is CC(C)C[C@H](C(=O)NCC1(O)CCCC1)N1C(=O)[C@@H]2CC=CC[C@H]2C1=O. The van der Waals surface area contributed by atoms with Gasteiger partial charge in [-0.25, -0.2) is 0 Å². The van der Waals surface area contributed by atoms with Crippen molar-refractivity contribution in [1.29, 1.82) is 0 Å². The Hall–Kier alpha value is -1.69. The topological polar surface area (TPSA) is 86.7 Å². The molecule has 1 saturated carbocycles. The lowest BCUT2D eigenvalue weighted by molar-refractivity contribution is -0.148. The van der Waals surface area contributed by atoms with E-state index < -0.39 is 11.6 Å². The summed E-state index contributed by atoms with van der Waals surface area (Å²) in [4.78, 5) is 39.8. The molecule has 0 bridgehead atoms. The number of hydrogen-bond donors (Lipinski definition) is 2. The molecule has 0 spiro atoms. The van der Waals surface area contributed by atoms with Crippen molar-refractivity contribution in [2.75, 3.05) is 6.54 Å². The predicted octanol–water partition coefficient (Wildman–Crippen LogP) is 1.77. The molecule has 3 atom stereocenters. The number of rotatable bonds is 6. The first-order chi connectivity index (χ1) is 12.3. The Bertz CT molecular complexity index is 581. The number of nitrogens with one attached hydrogen (secondary N) is 1. The van der Waals surface area contributed by atoms with Crippen LogP contribution in [-0.2, 0) is 14.4 Å². The summed E-state index contributed by atoms with van der Waals surface area (Å²) < 4.78 is 0. The van der Waals surface area contributed by atoms with Gasteiger partial charge >= 0.3 is 0 Å². The van der Waals surface area contributed by atoms with Crippen LogP contribution in [0.1, 0.15) is 58.8 Å². The first-order valence-electron chi connectivity index (χ1n) is 9.84. The van der Waals surface area contributed by atoms with Crippen molar-refractivity contribution >= 4 is 17.7 Å². The van der Waals surface area contributed by atoms with Gasteiger partial charge in [0, 0.05) is 6.54 Å². The van der Waals surface area contributed by atoms with Gasteiger partial charge in [0.25, 0.3) is 0 Å². The molecule has 0 radical (unpaired) electrons. The maximum absolute atomic E-state index is 12.9. The van der Waals surface area contributed by atoms with Gasteiger partial charge in [0.2, 0.25) is 17.7 Å². The van der Waals surface area contributed by atoms with Gasteiger partial charge < -0.3 is 10.4 Å². The van der Waals surface area contributed by atoms with E-state index in [9.17, 15) is 19.5 Å². The van der Waals surface area contributed by atoms with Gasteiger partial charge in [0.15, 0.2) is 0 Å². The molecule has 2 aliphatic carbocycles. The first-order valence-corrected chi connectivity index (χ1v) is 9.84. The van der Waals surface area contributed by atoms with Crippen LogP contribution in [0, 0.1) is 17.8 Å². The van der Waals surface area contributed by atoms with Crippen LogP contribution >= 0.6 is 0 Å². The summed E-state index contributed by atoms with van der Waals surface area (Å²) in [5.74, 6) is -1.24. The molecule has 6 heteroatoms. The Morgan fingerprint density at radius 1 is 1.19 bits per heavy atom. The fraction of sp³-hybridized carbons (Fsp3) is 0.750. The van der Waals surface area contributed by atoms with Crippen LogP contribution in [0.4, 0.5) is 0 Å². The number of hydrogen-bond acceptors (Lipinski definition) is 4. The standard InChI is InChI=1S/C20H30N2O4/c1-13(2)11-16(17(23)21-12-20(26)9-5-6-10-20)22-18(24)14-7-3-4-8-15(14)19(22)25/h3-4,13-16,26H,5-12H2,1-2H3,(H,21,23)/t14-,15-,16-/m1/s1. The highest BCUT2D eigenvalue weighted by Crippen LogP contribution is 2.37. The third kappa shape index (κ3) is 3.70. The monoisotopic (exact) mass is 362 g/mol. The first kappa shape index (κ1) is 19.1. The van der Waals surface area contributed by atoms with Crippen molar-refractivity contribution in [2.24, 2.45) is 17.8 Å². The second kappa shape index (κ2) is 7.51. The number of imide groups is 1. The molecule has 144 valence electrons. The zero-order valence-electron chi connectivity index (χ0n) is 15.7. The van der Waals surface area contributed by atoms with Crippen LogP contribution in [0.2, 0.25) is 0 Å². The van der Waals surface area contributed by atoms with Crippen molar-refractivity contribution < 1.29 is 19.5 Å². The van der Waals surface area contributed by atoms with Crippen LogP contribution in [0.15, 0.2) is 12.2 Å². The molecule has 0 aromatic heterocycles. The summed E-state index contributed by atoms with van der Waals surface area (Å²) in [5.41, 5.74) is -0.852. The maximum Gasteiger partial charge on any atom is 0.243 e. The molecule has 6 nitrogen and oxygen atoms in total. The van der Waals surface area contributed by atoms with E-state index in [1.807, 2.05) is 26.0 Å². The highest BCUT2D eigenvalue weighted by atomic mass is 16.3. The van der Waals surface area contributed by atoms with Gasteiger partial charge in [-0.2, -0.15) is 0 Å². The molecule has 0 unspecified atom stereocenters. The molecule has 1 aliphatic heterocycles. The van der Waals surface area contributed by atoms with Crippen LogP contribution in [0.25, 0.3) is 0 Å². The van der Waals surface area contributed by atoms with Gasteiger partial charge in [-0.1, -0.05) is 38.8 Å². The lowest BCUT2D eigenvalue weighted by Crippen LogP contribution is -2.53. The van der Waals surface area contributed by atoms with Crippen LogP contribution in [0.5, 0.6) is 0 Å². The van der Waals surface area contributed by atoms with Crippen molar-refractivity contribution in [3.63, 3.8) is 0 Å². The smallest absolute Gasteiger partial charge is 0.243 e. The number of aliphatic hydroxyl groups is 1. The Balaban J connectivity index is 1.74. The van der Waals surface area contributed by atoms with Crippen LogP contribution in [0.3, 0.4) is 0 Å². The van der Waals surface area contributed by atoms with E-state index in [1.165, 1.54) is 4.90 Å². The number of likely N-dealkylation sites (tertiary alicyclic amines) is 1. The Morgan fingerprint density at radius 2 is 1.73 bits per heavy atom. The molecule has 0 aromatic carbocycles. The summed E-state index contributed by atoms with van der Waals surface area (Å²) in [6.07, 6.45) is 8.76. The maximum atomic E-state index is 12.9. The van der Waals surface area contributed by atoms with Gasteiger partial charge in [0.05, 0.1) is 17.4 Å². The molecule has 1 heterocycles. The van der Waals surface area contributed by atoms with E-state index in [-0.39, 0.29) is 42.0 Å². The lowest BCUT2D eigenvalue weighted by Gasteiger charge is -2.29. The van der Waals surface area contributed by atoms with Gasteiger partial charge in [0.1, 0.15) is 6.04 Å². The van der Waals surface area contributed by atoms with Crippen molar-refractivity contribution in [3.05, 3.63) is 12.2 Å². The highest BCUT2D eigenvalue weighted by molar-refractivity contribution is 6.08. The van der Waals surface area contributed by atoms with Crippen LogP contribution < -0.4 is 5.32 Å². The molecule has 0 aromatic rings. The van der Waals surface area contributed by atoms with Gasteiger partial charge in [-0.3, -0.25) is 19.3 Å². The normalized spacial score (nSPS) is 28.5. The average Bonchev–Trinajstić information content (AvgIpc) is 3.14. The molecule has 3 rings (SSSR count).